The van der Waals surface area contributed by atoms with Crippen LogP contribution in [0, 0.1) is 0 Å². The van der Waals surface area contributed by atoms with Gasteiger partial charge >= 0.3 is 0 Å². The maximum absolute atomic E-state index is 14.1. The molecule has 0 aliphatic carbocycles. The number of nitrogens with two attached hydrogens (primary N) is 2. The molecule has 1 aromatic heterocycles. The number of carbonyl (C=O) groups is 3. The summed E-state index contributed by atoms with van der Waals surface area (Å²) in [6.45, 7) is 8.13. The highest BCUT2D eigenvalue weighted by molar-refractivity contribution is 7.09. The Hall–Kier alpha value is -4.12. The SMILES string of the molecule is CCOc1ccc([C@H](C(=O)NC(C)(C)CC)N(C(=O)c2snc(C(N)=O)c2N)c2ccc(OC)cc2)cc1. The molecule has 0 aliphatic rings. The van der Waals surface area contributed by atoms with Gasteiger partial charge in [-0.05, 0) is 80.7 Å². The Labute approximate surface area is 226 Å². The van der Waals surface area contributed by atoms with Crippen molar-refractivity contribution in [2.45, 2.75) is 45.7 Å². The van der Waals surface area contributed by atoms with Crippen molar-refractivity contribution < 1.29 is 23.9 Å². The Morgan fingerprint density at radius 1 is 1.05 bits per heavy atom. The highest BCUT2D eigenvalue weighted by Crippen LogP contribution is 2.35. The van der Waals surface area contributed by atoms with Gasteiger partial charge in [-0.15, -0.1) is 0 Å². The number of nitrogens with one attached hydrogen (secondary N) is 1. The van der Waals surface area contributed by atoms with E-state index in [0.29, 0.717) is 35.8 Å². The minimum atomic E-state index is -1.10. The van der Waals surface area contributed by atoms with Crippen LogP contribution >= 0.6 is 11.5 Å². The molecule has 0 aliphatic heterocycles. The fourth-order valence-corrected chi connectivity index (χ4v) is 4.43. The van der Waals surface area contributed by atoms with E-state index in [2.05, 4.69) is 9.69 Å². The van der Waals surface area contributed by atoms with Crippen molar-refractivity contribution in [2.75, 3.05) is 24.4 Å². The van der Waals surface area contributed by atoms with Crippen molar-refractivity contribution in [1.29, 1.82) is 0 Å². The number of anilines is 2. The maximum Gasteiger partial charge on any atom is 0.273 e. The maximum atomic E-state index is 14.1. The van der Waals surface area contributed by atoms with Crippen LogP contribution in [0.4, 0.5) is 11.4 Å². The minimum absolute atomic E-state index is 0.00638. The molecule has 5 N–H and O–H groups in total. The van der Waals surface area contributed by atoms with Gasteiger partial charge < -0.3 is 26.3 Å². The van der Waals surface area contributed by atoms with Crippen LogP contribution in [0.25, 0.3) is 0 Å². The van der Waals surface area contributed by atoms with Gasteiger partial charge in [0.05, 0.1) is 19.4 Å². The number of amides is 3. The standard InChI is InChI=1S/C27H33N5O5S/c1-6-27(3,4)30-25(34)22(16-8-12-19(13-9-16)37-7-2)32(17-10-14-18(36-5)15-11-17)26(35)23-20(28)21(24(29)33)31-38-23/h8-15,22H,6-7,28H2,1-5H3,(H2,29,33)(H,30,34)/t22-/m1/s1. The second kappa shape index (κ2) is 12.0. The molecule has 0 saturated heterocycles. The van der Waals surface area contributed by atoms with Crippen LogP contribution in [0.1, 0.15) is 65.9 Å². The minimum Gasteiger partial charge on any atom is -0.497 e. The molecule has 2 aromatic carbocycles. The van der Waals surface area contributed by atoms with Crippen LogP contribution in [0.3, 0.4) is 0 Å². The van der Waals surface area contributed by atoms with Gasteiger partial charge in [-0.2, -0.15) is 4.37 Å². The molecule has 38 heavy (non-hydrogen) atoms. The van der Waals surface area contributed by atoms with E-state index < -0.39 is 29.3 Å². The molecule has 0 bridgehead atoms. The Morgan fingerprint density at radius 3 is 2.16 bits per heavy atom. The number of primary amides is 1. The average Bonchev–Trinajstić information content (AvgIpc) is 3.29. The summed E-state index contributed by atoms with van der Waals surface area (Å²) in [6, 6.07) is 12.6. The Kier molecular flexibility index (Phi) is 8.95. The van der Waals surface area contributed by atoms with Gasteiger partial charge in [0, 0.05) is 11.2 Å². The molecule has 1 heterocycles. The van der Waals surface area contributed by atoms with Gasteiger partial charge in [-0.25, -0.2) is 0 Å². The van der Waals surface area contributed by atoms with Gasteiger partial charge in [0.1, 0.15) is 22.4 Å². The van der Waals surface area contributed by atoms with Gasteiger partial charge in [-0.3, -0.25) is 19.3 Å². The molecule has 0 spiro atoms. The van der Waals surface area contributed by atoms with Crippen LogP contribution in [0.5, 0.6) is 11.5 Å². The fraction of sp³-hybridized carbons (Fsp3) is 0.333. The number of rotatable bonds is 11. The number of hydrogen-bond donors (Lipinski definition) is 3. The monoisotopic (exact) mass is 539 g/mol. The molecule has 3 rings (SSSR count). The molecule has 0 radical (unpaired) electrons. The normalized spacial score (nSPS) is 11.9. The predicted molar refractivity (Wildman–Crippen MR) is 148 cm³/mol. The van der Waals surface area contributed by atoms with Gasteiger partial charge in [0.2, 0.25) is 5.91 Å². The van der Waals surface area contributed by atoms with Crippen molar-refractivity contribution in [1.82, 2.24) is 9.69 Å². The molecule has 0 unspecified atom stereocenters. The first-order chi connectivity index (χ1) is 18.0. The molecular weight excluding hydrogens is 506 g/mol. The first kappa shape index (κ1) is 28.5. The van der Waals surface area contributed by atoms with E-state index in [1.807, 2.05) is 27.7 Å². The average molecular weight is 540 g/mol. The Balaban J connectivity index is 2.22. The van der Waals surface area contributed by atoms with E-state index in [4.69, 9.17) is 20.9 Å². The molecule has 10 nitrogen and oxygen atoms in total. The Morgan fingerprint density at radius 2 is 1.66 bits per heavy atom. The van der Waals surface area contributed by atoms with Crippen LogP contribution in [0.2, 0.25) is 0 Å². The number of hydrogen-bond acceptors (Lipinski definition) is 8. The Bertz CT molecular complexity index is 1290. The van der Waals surface area contributed by atoms with Gasteiger partial charge in [0.15, 0.2) is 5.69 Å². The zero-order valence-electron chi connectivity index (χ0n) is 22.1. The summed E-state index contributed by atoms with van der Waals surface area (Å²) in [4.78, 5) is 41.1. The fourth-order valence-electron chi connectivity index (χ4n) is 3.69. The van der Waals surface area contributed by atoms with Crippen LogP contribution < -0.4 is 31.2 Å². The molecule has 0 saturated carbocycles. The summed E-state index contributed by atoms with van der Waals surface area (Å²) in [6.07, 6.45) is 0.662. The van der Waals surface area contributed by atoms with Crippen molar-refractivity contribution in [2.24, 2.45) is 5.73 Å². The van der Waals surface area contributed by atoms with E-state index in [1.54, 1.807) is 48.5 Å². The van der Waals surface area contributed by atoms with E-state index in [0.717, 1.165) is 11.5 Å². The van der Waals surface area contributed by atoms with Gasteiger partial charge in [0.25, 0.3) is 11.8 Å². The van der Waals surface area contributed by atoms with E-state index >= 15 is 0 Å². The second-order valence-electron chi connectivity index (χ2n) is 9.14. The highest BCUT2D eigenvalue weighted by atomic mass is 32.1. The summed E-state index contributed by atoms with van der Waals surface area (Å²) in [7, 11) is 1.53. The van der Waals surface area contributed by atoms with E-state index in [1.165, 1.54) is 12.0 Å². The van der Waals surface area contributed by atoms with Crippen LogP contribution in [0.15, 0.2) is 48.5 Å². The lowest BCUT2D eigenvalue weighted by atomic mass is 9.98. The van der Waals surface area contributed by atoms with Gasteiger partial charge in [-0.1, -0.05) is 19.1 Å². The number of methoxy groups -OCH3 is 1. The van der Waals surface area contributed by atoms with Crippen LogP contribution in [-0.2, 0) is 4.79 Å². The lowest BCUT2D eigenvalue weighted by Gasteiger charge is -2.34. The summed E-state index contributed by atoms with van der Waals surface area (Å²) in [5.41, 5.74) is 11.6. The number of carbonyl (C=O) groups excluding carboxylic acids is 3. The summed E-state index contributed by atoms with van der Waals surface area (Å²) < 4.78 is 14.8. The van der Waals surface area contributed by atoms with E-state index in [-0.39, 0.29) is 16.3 Å². The second-order valence-corrected chi connectivity index (χ2v) is 9.92. The van der Waals surface area contributed by atoms with Crippen molar-refractivity contribution >= 4 is 40.6 Å². The molecule has 1 atom stereocenters. The smallest absolute Gasteiger partial charge is 0.273 e. The zero-order valence-corrected chi connectivity index (χ0v) is 22.9. The summed E-state index contributed by atoms with van der Waals surface area (Å²) in [5.74, 6) is -0.656. The van der Waals surface area contributed by atoms with Crippen molar-refractivity contribution in [3.63, 3.8) is 0 Å². The molecule has 11 heteroatoms. The first-order valence-corrected chi connectivity index (χ1v) is 12.9. The summed E-state index contributed by atoms with van der Waals surface area (Å²) in [5, 5.41) is 3.06. The molecular formula is C27H33N5O5S. The van der Waals surface area contributed by atoms with Crippen LogP contribution in [-0.4, -0.2) is 41.4 Å². The molecule has 3 amide bonds. The lowest BCUT2D eigenvalue weighted by Crippen LogP contribution is -2.50. The number of ether oxygens (including phenoxy) is 2. The topological polar surface area (TPSA) is 150 Å². The quantitative estimate of drug-likeness (QED) is 0.334. The number of benzene rings is 2. The molecule has 3 aromatic rings. The van der Waals surface area contributed by atoms with Crippen molar-refractivity contribution in [3.05, 3.63) is 64.7 Å². The first-order valence-electron chi connectivity index (χ1n) is 12.1. The van der Waals surface area contributed by atoms with E-state index in [9.17, 15) is 14.4 Å². The highest BCUT2D eigenvalue weighted by Gasteiger charge is 2.37. The zero-order chi connectivity index (χ0) is 28.0. The summed E-state index contributed by atoms with van der Waals surface area (Å²) >= 11 is 0.751. The molecule has 202 valence electrons. The largest absolute Gasteiger partial charge is 0.497 e. The number of nitrogens with zero attached hydrogens (tertiary/aromatic N) is 2. The number of nitrogen functional groups attached to an aromatic ring is 1. The number of aromatic nitrogens is 1. The third-order valence-corrected chi connectivity index (χ3v) is 6.93. The molecule has 0 fully saturated rings. The lowest BCUT2D eigenvalue weighted by molar-refractivity contribution is -0.124. The van der Waals surface area contributed by atoms with Crippen molar-refractivity contribution in [3.8, 4) is 11.5 Å². The third-order valence-electron chi connectivity index (χ3n) is 6.08. The third kappa shape index (κ3) is 6.23. The predicted octanol–water partition coefficient (Wildman–Crippen LogP) is 3.92.